The van der Waals surface area contributed by atoms with Gasteiger partial charge in [0.2, 0.25) is 15.9 Å². The van der Waals surface area contributed by atoms with Gasteiger partial charge in [-0.25, -0.2) is 12.7 Å². The molecule has 0 rings (SSSR count). The summed E-state index contributed by atoms with van der Waals surface area (Å²) in [5.74, 6) is 0.269. The van der Waals surface area contributed by atoms with Gasteiger partial charge in [-0.2, -0.15) is 0 Å². The Kier molecular flexibility index (Phi) is 8.95. The first-order valence-electron chi connectivity index (χ1n) is 6.48. The summed E-state index contributed by atoms with van der Waals surface area (Å²) in [5, 5.41) is 2.77. The van der Waals surface area contributed by atoms with Crippen LogP contribution in [0.25, 0.3) is 0 Å². The van der Waals surface area contributed by atoms with Crippen molar-refractivity contribution < 1.29 is 17.9 Å². The number of carbonyl (C=O) groups excluding carboxylic acids is 1. The van der Waals surface area contributed by atoms with Crippen LogP contribution < -0.4 is 5.32 Å². The lowest BCUT2D eigenvalue weighted by molar-refractivity contribution is -0.121. The number of hydrogen-bond acceptors (Lipinski definition) is 4. The second-order valence-corrected chi connectivity index (χ2v) is 6.94. The maximum Gasteiger partial charge on any atom is 0.221 e. The summed E-state index contributed by atoms with van der Waals surface area (Å²) in [6, 6.07) is 0. The highest BCUT2D eigenvalue weighted by Gasteiger charge is 2.17. The molecule has 0 aromatic rings. The molecule has 0 aromatic heterocycles. The number of nitrogens with one attached hydrogen (secondary N) is 1. The van der Waals surface area contributed by atoms with Crippen molar-refractivity contribution in [2.24, 2.45) is 5.92 Å². The third kappa shape index (κ3) is 9.86. The highest BCUT2D eigenvalue weighted by molar-refractivity contribution is 7.88. The summed E-state index contributed by atoms with van der Waals surface area (Å²) >= 11 is 0. The van der Waals surface area contributed by atoms with Crippen molar-refractivity contribution in [3.05, 3.63) is 0 Å². The van der Waals surface area contributed by atoms with Crippen LogP contribution in [0.5, 0.6) is 0 Å². The summed E-state index contributed by atoms with van der Waals surface area (Å²) in [4.78, 5) is 11.6. The fraction of sp³-hybridized carbons (Fsp3) is 0.917. The molecule has 0 bridgehead atoms. The Bertz CT molecular complexity index is 355. The first-order chi connectivity index (χ1) is 8.77. The van der Waals surface area contributed by atoms with Gasteiger partial charge in [0.25, 0.3) is 0 Å². The van der Waals surface area contributed by atoms with Gasteiger partial charge in [0.05, 0.1) is 6.26 Å². The molecule has 0 aliphatic heterocycles. The largest absolute Gasteiger partial charge is 0.385 e. The summed E-state index contributed by atoms with van der Waals surface area (Å²) in [6.45, 7) is 5.73. The molecule has 0 radical (unpaired) electrons. The van der Waals surface area contributed by atoms with E-state index in [0.717, 1.165) is 6.26 Å². The van der Waals surface area contributed by atoms with E-state index in [1.165, 1.54) is 4.31 Å². The van der Waals surface area contributed by atoms with Gasteiger partial charge in [-0.3, -0.25) is 4.79 Å². The molecule has 0 aliphatic rings. The average molecular weight is 294 g/mol. The molecule has 0 spiro atoms. The van der Waals surface area contributed by atoms with Crippen LogP contribution in [0, 0.1) is 5.92 Å². The molecule has 1 N–H and O–H groups in total. The van der Waals surface area contributed by atoms with Crippen molar-refractivity contribution in [2.45, 2.75) is 26.7 Å². The number of methoxy groups -OCH3 is 1. The maximum absolute atomic E-state index is 11.6. The Hall–Kier alpha value is -0.660. The summed E-state index contributed by atoms with van der Waals surface area (Å²) in [5.41, 5.74) is 0. The molecule has 0 fully saturated rings. The van der Waals surface area contributed by atoms with E-state index in [1.807, 2.05) is 13.8 Å². The van der Waals surface area contributed by atoms with E-state index in [2.05, 4.69) is 5.32 Å². The molecule has 7 heteroatoms. The third-order valence-electron chi connectivity index (χ3n) is 2.52. The minimum Gasteiger partial charge on any atom is -0.385 e. The predicted octanol–water partition coefficient (Wildman–Crippen LogP) is 0.447. The van der Waals surface area contributed by atoms with Gasteiger partial charge < -0.3 is 10.1 Å². The highest BCUT2D eigenvalue weighted by Crippen LogP contribution is 2.02. The van der Waals surface area contributed by atoms with Gasteiger partial charge in [0.1, 0.15) is 0 Å². The number of carbonyl (C=O) groups is 1. The number of amides is 1. The SMILES string of the molecule is COCCCN(CCC(=O)NCC(C)C)S(C)(=O)=O. The van der Waals surface area contributed by atoms with Crippen LogP contribution in [0.3, 0.4) is 0 Å². The van der Waals surface area contributed by atoms with Crippen molar-refractivity contribution in [2.75, 3.05) is 39.6 Å². The summed E-state index contributed by atoms with van der Waals surface area (Å²) in [7, 11) is -1.70. The van der Waals surface area contributed by atoms with Crippen LogP contribution in [0.15, 0.2) is 0 Å². The maximum atomic E-state index is 11.6. The zero-order valence-corrected chi connectivity index (χ0v) is 13.1. The summed E-state index contributed by atoms with van der Waals surface area (Å²) in [6.07, 6.45) is 1.97. The fourth-order valence-corrected chi connectivity index (χ4v) is 2.34. The van der Waals surface area contributed by atoms with E-state index in [4.69, 9.17) is 4.74 Å². The fourth-order valence-electron chi connectivity index (χ4n) is 1.46. The highest BCUT2D eigenvalue weighted by atomic mass is 32.2. The number of rotatable bonds is 10. The van der Waals surface area contributed by atoms with Crippen LogP contribution in [0.2, 0.25) is 0 Å². The first kappa shape index (κ1) is 18.3. The van der Waals surface area contributed by atoms with E-state index < -0.39 is 10.0 Å². The molecule has 0 unspecified atom stereocenters. The van der Waals surface area contributed by atoms with E-state index in [0.29, 0.717) is 32.0 Å². The zero-order valence-electron chi connectivity index (χ0n) is 12.3. The number of ether oxygens (including phenoxy) is 1. The molecule has 19 heavy (non-hydrogen) atoms. The monoisotopic (exact) mass is 294 g/mol. The van der Waals surface area contributed by atoms with Crippen molar-refractivity contribution >= 4 is 15.9 Å². The van der Waals surface area contributed by atoms with Crippen molar-refractivity contribution in [1.82, 2.24) is 9.62 Å². The predicted molar refractivity (Wildman–Crippen MR) is 75.4 cm³/mol. The van der Waals surface area contributed by atoms with Gasteiger partial charge in [-0.1, -0.05) is 13.8 Å². The van der Waals surface area contributed by atoms with Crippen LogP contribution in [0.1, 0.15) is 26.7 Å². The lowest BCUT2D eigenvalue weighted by atomic mass is 10.2. The topological polar surface area (TPSA) is 75.7 Å². The number of hydrogen-bond donors (Lipinski definition) is 1. The second kappa shape index (κ2) is 9.28. The van der Waals surface area contributed by atoms with Crippen molar-refractivity contribution in [3.8, 4) is 0 Å². The van der Waals surface area contributed by atoms with Crippen LogP contribution in [-0.2, 0) is 19.6 Å². The second-order valence-electron chi connectivity index (χ2n) is 4.96. The molecule has 0 aliphatic carbocycles. The lowest BCUT2D eigenvalue weighted by Gasteiger charge is -2.19. The number of sulfonamides is 1. The quantitative estimate of drug-likeness (QED) is 0.593. The Balaban J connectivity index is 4.16. The molecule has 114 valence electrons. The van der Waals surface area contributed by atoms with Gasteiger partial charge >= 0.3 is 0 Å². The van der Waals surface area contributed by atoms with Gasteiger partial charge in [-0.15, -0.1) is 0 Å². The van der Waals surface area contributed by atoms with Crippen LogP contribution in [-0.4, -0.2) is 58.2 Å². The van der Waals surface area contributed by atoms with E-state index in [-0.39, 0.29) is 18.9 Å². The zero-order chi connectivity index (χ0) is 14.9. The molecule has 0 atom stereocenters. The van der Waals surface area contributed by atoms with E-state index in [9.17, 15) is 13.2 Å². The smallest absolute Gasteiger partial charge is 0.221 e. The van der Waals surface area contributed by atoms with Crippen molar-refractivity contribution in [3.63, 3.8) is 0 Å². The molecular weight excluding hydrogens is 268 g/mol. The molecule has 6 nitrogen and oxygen atoms in total. The van der Waals surface area contributed by atoms with Gasteiger partial charge in [0, 0.05) is 39.8 Å². The average Bonchev–Trinajstić information content (AvgIpc) is 2.29. The van der Waals surface area contributed by atoms with Crippen molar-refractivity contribution in [1.29, 1.82) is 0 Å². The Morgan fingerprint density at radius 3 is 2.42 bits per heavy atom. The first-order valence-corrected chi connectivity index (χ1v) is 8.33. The van der Waals surface area contributed by atoms with Gasteiger partial charge in [0.15, 0.2) is 0 Å². The lowest BCUT2D eigenvalue weighted by Crippen LogP contribution is -2.36. The molecule has 0 saturated carbocycles. The van der Waals surface area contributed by atoms with Gasteiger partial charge in [-0.05, 0) is 12.3 Å². The minimum absolute atomic E-state index is 0.117. The third-order valence-corrected chi connectivity index (χ3v) is 3.82. The number of nitrogens with zero attached hydrogens (tertiary/aromatic N) is 1. The molecule has 0 aromatic carbocycles. The molecule has 0 saturated heterocycles. The Morgan fingerprint density at radius 2 is 1.95 bits per heavy atom. The van der Waals surface area contributed by atoms with E-state index >= 15 is 0 Å². The molecule has 1 amide bonds. The Labute approximate surface area is 116 Å². The summed E-state index contributed by atoms with van der Waals surface area (Å²) < 4.78 is 29.3. The minimum atomic E-state index is -3.27. The normalized spacial score (nSPS) is 12.1. The standard InChI is InChI=1S/C12H26N2O4S/c1-11(2)10-13-12(15)6-8-14(19(4,16)17)7-5-9-18-3/h11H,5-10H2,1-4H3,(H,13,15). The molecule has 0 heterocycles. The Morgan fingerprint density at radius 1 is 1.32 bits per heavy atom. The van der Waals surface area contributed by atoms with E-state index in [1.54, 1.807) is 7.11 Å². The molecular formula is C12H26N2O4S. The van der Waals surface area contributed by atoms with Crippen LogP contribution >= 0.6 is 0 Å². The van der Waals surface area contributed by atoms with Crippen LogP contribution in [0.4, 0.5) is 0 Å².